The summed E-state index contributed by atoms with van der Waals surface area (Å²) < 4.78 is 38.9. The van der Waals surface area contributed by atoms with E-state index in [4.69, 9.17) is 9.47 Å². The maximum absolute atomic E-state index is 12.6. The second-order valence-electron chi connectivity index (χ2n) is 6.32. The number of nitrogens with zero attached hydrogens (tertiary/aromatic N) is 3. The van der Waals surface area contributed by atoms with Gasteiger partial charge in [0.2, 0.25) is 10.0 Å². The average Bonchev–Trinajstić information content (AvgIpc) is 3.16. The molecule has 1 aliphatic rings. The molecule has 9 heteroatoms. The Balaban J connectivity index is 1.42. The Morgan fingerprint density at radius 3 is 2.57 bits per heavy atom. The molecule has 0 unspecified atom stereocenters. The van der Waals surface area contributed by atoms with Gasteiger partial charge in [0.25, 0.3) is 0 Å². The van der Waals surface area contributed by atoms with Gasteiger partial charge < -0.3 is 13.9 Å². The molecule has 1 aliphatic heterocycles. The van der Waals surface area contributed by atoms with Gasteiger partial charge in [-0.3, -0.25) is 0 Å². The van der Waals surface area contributed by atoms with Crippen LogP contribution >= 0.6 is 0 Å². The van der Waals surface area contributed by atoms with E-state index >= 15 is 0 Å². The number of imidazole rings is 1. The summed E-state index contributed by atoms with van der Waals surface area (Å²) in [7, 11) is -3.59. The third kappa shape index (κ3) is 3.77. The van der Waals surface area contributed by atoms with Gasteiger partial charge in [-0.05, 0) is 36.4 Å². The summed E-state index contributed by atoms with van der Waals surface area (Å²) in [6.07, 6.45) is 3.65. The number of aromatic nitrogens is 2. The maximum Gasteiger partial charge on any atom is 0.338 e. The summed E-state index contributed by atoms with van der Waals surface area (Å²) in [4.78, 5) is 16.8. The minimum Gasteiger partial charge on any atom is -0.456 e. The van der Waals surface area contributed by atoms with E-state index in [1.54, 1.807) is 6.20 Å². The highest BCUT2D eigenvalue weighted by molar-refractivity contribution is 7.89. The molecule has 3 heterocycles. The number of hydrogen-bond donors (Lipinski definition) is 0. The first-order valence-corrected chi connectivity index (χ1v) is 10.3. The summed E-state index contributed by atoms with van der Waals surface area (Å²) in [5.41, 5.74) is 1.68. The monoisotopic (exact) mass is 401 g/mol. The average molecular weight is 401 g/mol. The summed E-state index contributed by atoms with van der Waals surface area (Å²) in [5.74, 6) is -0.535. The first kappa shape index (κ1) is 18.6. The number of pyridine rings is 1. The number of ether oxygens (including phenoxy) is 2. The summed E-state index contributed by atoms with van der Waals surface area (Å²) in [6.45, 7) is 1.45. The number of carbonyl (C=O) groups excluding carboxylic acids is 1. The number of hydrogen-bond acceptors (Lipinski definition) is 6. The number of esters is 1. The molecule has 1 saturated heterocycles. The van der Waals surface area contributed by atoms with Crippen molar-refractivity contribution in [2.75, 3.05) is 26.3 Å². The fraction of sp³-hybridized carbons (Fsp3) is 0.263. The van der Waals surface area contributed by atoms with E-state index in [1.165, 1.54) is 28.6 Å². The van der Waals surface area contributed by atoms with Gasteiger partial charge in [0, 0.05) is 25.5 Å². The largest absolute Gasteiger partial charge is 0.456 e. The quantitative estimate of drug-likeness (QED) is 0.605. The van der Waals surface area contributed by atoms with Crippen molar-refractivity contribution in [1.29, 1.82) is 0 Å². The predicted molar refractivity (Wildman–Crippen MR) is 100 cm³/mol. The smallest absolute Gasteiger partial charge is 0.338 e. The predicted octanol–water partition coefficient (Wildman–Crippen LogP) is 1.71. The molecule has 146 valence electrons. The highest BCUT2D eigenvalue weighted by Crippen LogP contribution is 2.18. The molecular formula is C19H19N3O5S. The summed E-state index contributed by atoms with van der Waals surface area (Å²) >= 11 is 0. The number of benzene rings is 1. The van der Waals surface area contributed by atoms with Crippen LogP contribution in [0.15, 0.2) is 59.8 Å². The van der Waals surface area contributed by atoms with Crippen LogP contribution in [0.3, 0.4) is 0 Å². The molecule has 0 atom stereocenters. The van der Waals surface area contributed by atoms with E-state index in [0.29, 0.717) is 32.0 Å². The van der Waals surface area contributed by atoms with Crippen LogP contribution in [0, 0.1) is 0 Å². The number of sulfonamides is 1. The summed E-state index contributed by atoms with van der Waals surface area (Å²) in [5, 5.41) is 0. The zero-order chi connectivity index (χ0) is 19.6. The van der Waals surface area contributed by atoms with Crippen LogP contribution in [0.2, 0.25) is 0 Å². The van der Waals surface area contributed by atoms with Gasteiger partial charge in [0.1, 0.15) is 12.3 Å². The van der Waals surface area contributed by atoms with Gasteiger partial charge in [-0.1, -0.05) is 6.07 Å². The van der Waals surface area contributed by atoms with E-state index in [0.717, 1.165) is 5.65 Å². The first-order chi connectivity index (χ1) is 13.5. The lowest BCUT2D eigenvalue weighted by Gasteiger charge is -2.26. The molecule has 0 spiro atoms. The second-order valence-corrected chi connectivity index (χ2v) is 8.25. The molecule has 0 bridgehead atoms. The molecule has 3 aromatic rings. The van der Waals surface area contributed by atoms with Gasteiger partial charge in [0.05, 0.1) is 29.4 Å². The van der Waals surface area contributed by atoms with Crippen molar-refractivity contribution in [3.63, 3.8) is 0 Å². The number of morpholine rings is 1. The third-order valence-corrected chi connectivity index (χ3v) is 6.38. The first-order valence-electron chi connectivity index (χ1n) is 8.82. The van der Waals surface area contributed by atoms with E-state index in [1.807, 2.05) is 28.8 Å². The Morgan fingerprint density at radius 1 is 1.11 bits per heavy atom. The summed E-state index contributed by atoms with van der Waals surface area (Å²) in [6, 6.07) is 11.4. The van der Waals surface area contributed by atoms with Gasteiger partial charge >= 0.3 is 5.97 Å². The van der Waals surface area contributed by atoms with Crippen LogP contribution in [0.25, 0.3) is 5.65 Å². The van der Waals surface area contributed by atoms with Crippen LogP contribution in [-0.4, -0.2) is 54.4 Å². The van der Waals surface area contributed by atoms with Crippen molar-refractivity contribution >= 4 is 21.6 Å². The van der Waals surface area contributed by atoms with Gasteiger partial charge in [-0.15, -0.1) is 0 Å². The van der Waals surface area contributed by atoms with Gasteiger partial charge in [-0.2, -0.15) is 4.31 Å². The lowest BCUT2D eigenvalue weighted by Crippen LogP contribution is -2.40. The minimum atomic E-state index is -3.59. The fourth-order valence-electron chi connectivity index (χ4n) is 2.98. The molecule has 0 N–H and O–H groups in total. The molecular weight excluding hydrogens is 382 g/mol. The number of carbonyl (C=O) groups is 1. The molecule has 0 amide bonds. The molecule has 8 nitrogen and oxygen atoms in total. The van der Waals surface area contributed by atoms with Crippen LogP contribution in [0.4, 0.5) is 0 Å². The molecule has 1 fully saturated rings. The molecule has 0 radical (unpaired) electrons. The van der Waals surface area contributed by atoms with Crippen molar-refractivity contribution in [1.82, 2.24) is 13.7 Å². The van der Waals surface area contributed by atoms with E-state index < -0.39 is 16.0 Å². The van der Waals surface area contributed by atoms with Crippen molar-refractivity contribution in [2.45, 2.75) is 11.5 Å². The highest BCUT2D eigenvalue weighted by atomic mass is 32.2. The Labute approximate surface area is 162 Å². The lowest BCUT2D eigenvalue weighted by atomic mass is 10.2. The molecule has 0 aliphatic carbocycles. The van der Waals surface area contributed by atoms with Crippen molar-refractivity contribution in [2.24, 2.45) is 0 Å². The molecule has 0 saturated carbocycles. The molecule has 28 heavy (non-hydrogen) atoms. The molecule has 2 aromatic heterocycles. The van der Waals surface area contributed by atoms with Crippen molar-refractivity contribution < 1.29 is 22.7 Å². The van der Waals surface area contributed by atoms with E-state index in [2.05, 4.69) is 4.98 Å². The van der Waals surface area contributed by atoms with E-state index in [9.17, 15) is 13.2 Å². The third-order valence-electron chi connectivity index (χ3n) is 4.46. The standard InChI is InChI=1S/C19H19N3O5S/c23-19(27-14-16-13-21-8-2-1-3-18(21)20-16)15-4-6-17(7-5-15)28(24,25)22-9-11-26-12-10-22/h1-8,13H,9-12,14H2. The van der Waals surface area contributed by atoms with Crippen molar-refractivity contribution in [3.8, 4) is 0 Å². The Bertz CT molecular complexity index is 1050. The van der Waals surface area contributed by atoms with Gasteiger partial charge in [0.15, 0.2) is 0 Å². The Hall–Kier alpha value is -2.75. The fourth-order valence-corrected chi connectivity index (χ4v) is 4.39. The van der Waals surface area contributed by atoms with Crippen molar-refractivity contribution in [3.05, 3.63) is 66.1 Å². The minimum absolute atomic E-state index is 0.0361. The number of fused-ring (bicyclic) bond motifs is 1. The van der Waals surface area contributed by atoms with Crippen LogP contribution in [0.1, 0.15) is 16.1 Å². The Kier molecular flexibility index (Phi) is 5.12. The normalized spacial score (nSPS) is 15.6. The second kappa shape index (κ2) is 7.70. The molecule has 1 aromatic carbocycles. The topological polar surface area (TPSA) is 90.2 Å². The van der Waals surface area contributed by atoms with Crippen LogP contribution in [0.5, 0.6) is 0 Å². The van der Waals surface area contributed by atoms with Crippen LogP contribution < -0.4 is 0 Å². The highest BCUT2D eigenvalue weighted by Gasteiger charge is 2.26. The zero-order valence-corrected chi connectivity index (χ0v) is 15.8. The van der Waals surface area contributed by atoms with E-state index in [-0.39, 0.29) is 17.1 Å². The van der Waals surface area contributed by atoms with Gasteiger partial charge in [-0.25, -0.2) is 18.2 Å². The zero-order valence-electron chi connectivity index (χ0n) is 15.0. The SMILES string of the molecule is O=C(OCc1cn2ccccc2n1)c1ccc(S(=O)(=O)N2CCOCC2)cc1. The van der Waals surface area contributed by atoms with Crippen LogP contribution in [-0.2, 0) is 26.1 Å². The lowest BCUT2D eigenvalue weighted by molar-refractivity contribution is 0.0468. The Morgan fingerprint density at radius 2 is 1.86 bits per heavy atom. The maximum atomic E-state index is 12.6. The molecule has 4 rings (SSSR count). The number of rotatable bonds is 5.